The molecule has 23 heavy (non-hydrogen) atoms. The first kappa shape index (κ1) is 14.9. The van der Waals surface area contributed by atoms with Crippen molar-refractivity contribution in [3.05, 3.63) is 78.6 Å². The first-order valence-corrected chi connectivity index (χ1v) is 7.37. The number of benzene rings is 2. The molecule has 0 saturated heterocycles. The third-order valence-corrected chi connectivity index (χ3v) is 3.35. The zero-order valence-corrected chi connectivity index (χ0v) is 12.9. The zero-order chi connectivity index (χ0) is 15.9. The van der Waals surface area contributed by atoms with Crippen LogP contribution in [0.2, 0.25) is 0 Å². The average molecular weight is 306 g/mol. The fourth-order valence-electron chi connectivity index (χ4n) is 2.12. The largest absolute Gasteiger partial charge is 0.497 e. The van der Waals surface area contributed by atoms with Crippen LogP contribution in [-0.4, -0.2) is 12.1 Å². The minimum atomic E-state index is 0.464. The van der Waals surface area contributed by atoms with Crippen LogP contribution in [0.4, 0.5) is 11.4 Å². The van der Waals surface area contributed by atoms with Gasteiger partial charge in [-0.05, 0) is 60.7 Å². The lowest BCUT2D eigenvalue weighted by atomic mass is 10.2. The highest BCUT2D eigenvalue weighted by Gasteiger charge is 1.99. The number of hydrogen-bond acceptors (Lipinski definition) is 4. The van der Waals surface area contributed by atoms with Crippen LogP contribution in [0, 0.1) is 0 Å². The van der Waals surface area contributed by atoms with Crippen molar-refractivity contribution in [3.63, 3.8) is 0 Å². The van der Waals surface area contributed by atoms with Gasteiger partial charge in [0.1, 0.15) is 18.1 Å². The molecule has 3 aromatic rings. The fraction of sp³-hybridized carbons (Fsp3) is 0.105. The second-order valence-corrected chi connectivity index (χ2v) is 4.99. The van der Waals surface area contributed by atoms with Crippen molar-refractivity contribution in [3.8, 4) is 11.5 Å². The Morgan fingerprint density at radius 2 is 1.48 bits per heavy atom. The van der Waals surface area contributed by atoms with Crippen LogP contribution in [0.15, 0.2) is 72.9 Å². The van der Waals surface area contributed by atoms with Crippen molar-refractivity contribution >= 4 is 11.4 Å². The summed E-state index contributed by atoms with van der Waals surface area (Å²) < 4.78 is 10.9. The van der Waals surface area contributed by atoms with Gasteiger partial charge >= 0.3 is 0 Å². The third kappa shape index (κ3) is 4.23. The molecule has 0 fully saturated rings. The molecule has 0 saturated carbocycles. The maximum Gasteiger partial charge on any atom is 0.130 e. The summed E-state index contributed by atoms with van der Waals surface area (Å²) in [6, 6.07) is 21.4. The van der Waals surface area contributed by atoms with E-state index in [1.807, 2.05) is 66.7 Å². The van der Waals surface area contributed by atoms with Crippen molar-refractivity contribution in [1.82, 2.24) is 4.98 Å². The van der Waals surface area contributed by atoms with E-state index in [9.17, 15) is 0 Å². The zero-order valence-electron chi connectivity index (χ0n) is 12.9. The lowest BCUT2D eigenvalue weighted by Crippen LogP contribution is -1.97. The Kier molecular flexibility index (Phi) is 4.74. The Morgan fingerprint density at radius 1 is 0.826 bits per heavy atom. The highest BCUT2D eigenvalue weighted by molar-refractivity contribution is 5.60. The first-order chi connectivity index (χ1) is 11.3. The van der Waals surface area contributed by atoms with Crippen molar-refractivity contribution in [2.45, 2.75) is 6.61 Å². The van der Waals surface area contributed by atoms with Gasteiger partial charge in [0.25, 0.3) is 0 Å². The molecule has 4 heteroatoms. The van der Waals surface area contributed by atoms with Gasteiger partial charge in [-0.15, -0.1) is 0 Å². The number of pyridine rings is 1. The monoisotopic (exact) mass is 306 g/mol. The highest BCUT2D eigenvalue weighted by Crippen LogP contribution is 2.22. The number of nitrogens with one attached hydrogen (secondary N) is 1. The van der Waals surface area contributed by atoms with Gasteiger partial charge in [-0.25, -0.2) is 0 Å². The second kappa shape index (κ2) is 7.31. The van der Waals surface area contributed by atoms with Gasteiger partial charge in [0.15, 0.2) is 0 Å². The van der Waals surface area contributed by atoms with Gasteiger partial charge in [-0.1, -0.05) is 6.07 Å². The van der Waals surface area contributed by atoms with Gasteiger partial charge < -0.3 is 14.8 Å². The van der Waals surface area contributed by atoms with Crippen LogP contribution in [0.3, 0.4) is 0 Å². The first-order valence-electron chi connectivity index (χ1n) is 7.37. The van der Waals surface area contributed by atoms with E-state index in [1.165, 1.54) is 0 Å². The summed E-state index contributed by atoms with van der Waals surface area (Å²) in [5, 5.41) is 3.33. The van der Waals surface area contributed by atoms with Crippen LogP contribution in [0.1, 0.15) is 5.69 Å². The Hall–Kier alpha value is -3.01. The summed E-state index contributed by atoms with van der Waals surface area (Å²) in [5.74, 6) is 1.66. The number of nitrogens with zero attached hydrogens (tertiary/aromatic N) is 1. The molecular formula is C19H18N2O2. The molecule has 0 unspecified atom stereocenters. The van der Waals surface area contributed by atoms with Gasteiger partial charge in [0, 0.05) is 17.6 Å². The van der Waals surface area contributed by atoms with E-state index in [0.29, 0.717) is 6.61 Å². The van der Waals surface area contributed by atoms with E-state index in [1.54, 1.807) is 13.3 Å². The minimum Gasteiger partial charge on any atom is -0.497 e. The summed E-state index contributed by atoms with van der Waals surface area (Å²) in [6.07, 6.45) is 1.76. The van der Waals surface area contributed by atoms with Crippen molar-refractivity contribution < 1.29 is 9.47 Å². The summed E-state index contributed by atoms with van der Waals surface area (Å²) >= 11 is 0. The van der Waals surface area contributed by atoms with Crippen LogP contribution in [0.5, 0.6) is 11.5 Å². The van der Waals surface area contributed by atoms with E-state index in [0.717, 1.165) is 28.6 Å². The number of anilines is 2. The fourth-order valence-corrected chi connectivity index (χ4v) is 2.12. The van der Waals surface area contributed by atoms with Crippen LogP contribution < -0.4 is 14.8 Å². The smallest absolute Gasteiger partial charge is 0.130 e. The molecule has 3 rings (SSSR count). The normalized spacial score (nSPS) is 10.1. The number of rotatable bonds is 6. The Bertz CT molecular complexity index is 726. The van der Waals surface area contributed by atoms with Crippen LogP contribution in [0.25, 0.3) is 0 Å². The molecule has 1 N–H and O–H groups in total. The van der Waals surface area contributed by atoms with Gasteiger partial charge in [-0.3, -0.25) is 4.98 Å². The van der Waals surface area contributed by atoms with E-state index in [4.69, 9.17) is 9.47 Å². The van der Waals surface area contributed by atoms with Gasteiger partial charge in [0.05, 0.1) is 12.8 Å². The summed E-state index contributed by atoms with van der Waals surface area (Å²) in [6.45, 7) is 0.464. The molecule has 0 aliphatic heterocycles. The quantitative estimate of drug-likeness (QED) is 0.732. The van der Waals surface area contributed by atoms with Crippen molar-refractivity contribution in [1.29, 1.82) is 0 Å². The Balaban J connectivity index is 1.58. The van der Waals surface area contributed by atoms with E-state index in [2.05, 4.69) is 10.3 Å². The van der Waals surface area contributed by atoms with E-state index in [-0.39, 0.29) is 0 Å². The second-order valence-electron chi connectivity index (χ2n) is 4.99. The lowest BCUT2D eigenvalue weighted by Gasteiger charge is -2.09. The van der Waals surface area contributed by atoms with Crippen molar-refractivity contribution in [2.75, 3.05) is 12.4 Å². The molecule has 0 atom stereocenters. The molecule has 4 nitrogen and oxygen atoms in total. The molecule has 0 spiro atoms. The summed E-state index contributed by atoms with van der Waals surface area (Å²) in [4.78, 5) is 4.23. The number of ether oxygens (including phenoxy) is 2. The van der Waals surface area contributed by atoms with Crippen LogP contribution >= 0.6 is 0 Å². The lowest BCUT2D eigenvalue weighted by molar-refractivity contribution is 0.301. The van der Waals surface area contributed by atoms with E-state index >= 15 is 0 Å². The molecule has 0 aliphatic carbocycles. The van der Waals surface area contributed by atoms with Crippen LogP contribution in [-0.2, 0) is 6.61 Å². The average Bonchev–Trinajstić information content (AvgIpc) is 2.63. The molecule has 1 heterocycles. The number of aromatic nitrogens is 1. The molecule has 0 bridgehead atoms. The SMILES string of the molecule is COc1ccc(Nc2ccc(OCc3ccccn3)cc2)cc1. The molecule has 0 radical (unpaired) electrons. The molecule has 116 valence electrons. The molecule has 0 aliphatic rings. The van der Waals surface area contributed by atoms with Gasteiger partial charge in [-0.2, -0.15) is 0 Å². The van der Waals surface area contributed by atoms with E-state index < -0.39 is 0 Å². The summed E-state index contributed by atoms with van der Waals surface area (Å²) in [7, 11) is 1.66. The third-order valence-electron chi connectivity index (χ3n) is 3.35. The molecule has 0 amide bonds. The topological polar surface area (TPSA) is 43.4 Å². The standard InChI is InChI=1S/C19H18N2O2/c1-22-18-9-5-15(6-10-18)21-16-7-11-19(12-8-16)23-14-17-4-2-3-13-20-17/h2-13,21H,14H2,1H3. The summed E-state index contributed by atoms with van der Waals surface area (Å²) in [5.41, 5.74) is 2.92. The molecular weight excluding hydrogens is 288 g/mol. The molecule has 1 aromatic heterocycles. The highest BCUT2D eigenvalue weighted by atomic mass is 16.5. The molecule has 2 aromatic carbocycles. The number of methoxy groups -OCH3 is 1. The Labute approximate surface area is 135 Å². The minimum absolute atomic E-state index is 0.464. The van der Waals surface area contributed by atoms with Crippen molar-refractivity contribution in [2.24, 2.45) is 0 Å². The Morgan fingerprint density at radius 3 is 2.04 bits per heavy atom. The van der Waals surface area contributed by atoms with Gasteiger partial charge in [0.2, 0.25) is 0 Å². The predicted octanol–water partition coefficient (Wildman–Crippen LogP) is 4.41. The number of hydrogen-bond donors (Lipinski definition) is 1. The predicted molar refractivity (Wildman–Crippen MR) is 91.3 cm³/mol. The maximum absolute atomic E-state index is 5.72. The maximum atomic E-state index is 5.72.